The predicted octanol–water partition coefficient (Wildman–Crippen LogP) is 4.58. The molecule has 1 N–H and O–H groups in total. The number of ether oxygens (including phenoxy) is 2. The molecule has 3 aromatic carbocycles. The first-order valence-electron chi connectivity index (χ1n) is 14.2. The molecule has 2 heterocycles. The van der Waals surface area contributed by atoms with Gasteiger partial charge in [0.15, 0.2) is 21.5 Å². The highest BCUT2D eigenvalue weighted by Crippen LogP contribution is 2.44. The number of carbonyl (C=O) groups excluding carboxylic acids is 1. The number of likely N-dealkylation sites (tertiary alicyclic amines) is 1. The Morgan fingerprint density at radius 1 is 0.951 bits per heavy atom. The van der Waals surface area contributed by atoms with Gasteiger partial charge in [0.25, 0.3) is 5.91 Å². The van der Waals surface area contributed by atoms with Crippen LogP contribution in [-0.2, 0) is 19.4 Å². The van der Waals surface area contributed by atoms with Gasteiger partial charge in [-0.15, -0.1) is 0 Å². The summed E-state index contributed by atoms with van der Waals surface area (Å²) in [5.74, 6) is 0.485. The SMILES string of the molecule is O=C(N1CCCCC1)[C@]1(CCS(=O)(=O)c2ccccc2)N=C(c2ccc(OCCCO)cc2)O[C@@H]1c1ccccc1. The van der Waals surface area contributed by atoms with Crippen molar-refractivity contribution in [2.24, 2.45) is 4.99 Å². The molecule has 9 heteroatoms. The molecule has 0 radical (unpaired) electrons. The first-order chi connectivity index (χ1) is 19.9. The molecule has 0 spiro atoms. The molecular formula is C32H36N2O6S. The molecule has 0 bridgehead atoms. The van der Waals surface area contributed by atoms with Gasteiger partial charge in [-0.2, -0.15) is 0 Å². The number of carbonyl (C=O) groups is 1. The molecule has 0 saturated carbocycles. The number of hydrogen-bond acceptors (Lipinski definition) is 7. The number of aliphatic imine (C=N–C) groups is 1. The highest BCUT2D eigenvalue weighted by Gasteiger charge is 2.55. The highest BCUT2D eigenvalue weighted by atomic mass is 32.2. The number of benzene rings is 3. The minimum absolute atomic E-state index is 0.0228. The Hall–Kier alpha value is -3.69. The van der Waals surface area contributed by atoms with Gasteiger partial charge in [-0.25, -0.2) is 13.4 Å². The molecule has 2 atom stereocenters. The Kier molecular flexibility index (Phi) is 9.05. The lowest BCUT2D eigenvalue weighted by molar-refractivity contribution is -0.140. The third kappa shape index (κ3) is 6.47. The molecule has 2 aliphatic heterocycles. The molecule has 1 fully saturated rings. The van der Waals surface area contributed by atoms with E-state index in [0.717, 1.165) is 24.8 Å². The van der Waals surface area contributed by atoms with Gasteiger partial charge in [-0.05, 0) is 61.2 Å². The van der Waals surface area contributed by atoms with Crippen molar-refractivity contribution in [3.63, 3.8) is 0 Å². The van der Waals surface area contributed by atoms with Crippen LogP contribution in [0.5, 0.6) is 5.75 Å². The number of rotatable bonds is 11. The minimum atomic E-state index is -3.68. The van der Waals surface area contributed by atoms with Crippen molar-refractivity contribution in [1.29, 1.82) is 0 Å². The van der Waals surface area contributed by atoms with E-state index in [-0.39, 0.29) is 29.6 Å². The fraction of sp³-hybridized carbons (Fsp3) is 0.375. The lowest BCUT2D eigenvalue weighted by Crippen LogP contribution is -2.52. The Morgan fingerprint density at radius 2 is 1.61 bits per heavy atom. The van der Waals surface area contributed by atoms with Crippen molar-refractivity contribution in [1.82, 2.24) is 4.90 Å². The zero-order chi connectivity index (χ0) is 28.7. The lowest BCUT2D eigenvalue weighted by Gasteiger charge is -2.37. The van der Waals surface area contributed by atoms with Gasteiger partial charge in [0.2, 0.25) is 5.90 Å². The molecule has 0 unspecified atom stereocenters. The van der Waals surface area contributed by atoms with E-state index in [9.17, 15) is 13.2 Å². The summed E-state index contributed by atoms with van der Waals surface area (Å²) < 4.78 is 39.0. The van der Waals surface area contributed by atoms with E-state index < -0.39 is 21.5 Å². The summed E-state index contributed by atoms with van der Waals surface area (Å²) in [5, 5.41) is 9.02. The second kappa shape index (κ2) is 12.9. The van der Waals surface area contributed by atoms with Crippen LogP contribution in [0.1, 0.15) is 49.3 Å². The molecule has 41 heavy (non-hydrogen) atoms. The molecular weight excluding hydrogens is 540 g/mol. The number of aliphatic hydroxyl groups excluding tert-OH is 1. The maximum Gasteiger partial charge on any atom is 0.254 e. The van der Waals surface area contributed by atoms with Crippen molar-refractivity contribution >= 4 is 21.6 Å². The Bertz CT molecular complexity index is 1440. The first-order valence-corrected chi connectivity index (χ1v) is 15.8. The summed E-state index contributed by atoms with van der Waals surface area (Å²) >= 11 is 0. The highest BCUT2D eigenvalue weighted by molar-refractivity contribution is 7.91. The zero-order valence-corrected chi connectivity index (χ0v) is 23.8. The minimum Gasteiger partial charge on any atom is -0.494 e. The quantitative estimate of drug-likeness (QED) is 0.335. The van der Waals surface area contributed by atoms with E-state index in [0.29, 0.717) is 43.3 Å². The van der Waals surface area contributed by atoms with Gasteiger partial charge in [-0.3, -0.25) is 4.79 Å². The van der Waals surface area contributed by atoms with Crippen LogP contribution in [0.15, 0.2) is 94.8 Å². The fourth-order valence-electron chi connectivity index (χ4n) is 5.39. The van der Waals surface area contributed by atoms with Gasteiger partial charge in [0, 0.05) is 38.1 Å². The van der Waals surface area contributed by atoms with Crippen molar-refractivity contribution < 1.29 is 27.8 Å². The first kappa shape index (κ1) is 28.8. The van der Waals surface area contributed by atoms with E-state index in [2.05, 4.69) is 0 Å². The lowest BCUT2D eigenvalue weighted by atomic mass is 9.84. The monoisotopic (exact) mass is 576 g/mol. The molecule has 1 saturated heterocycles. The third-order valence-corrected chi connectivity index (χ3v) is 9.34. The molecule has 2 aliphatic rings. The van der Waals surface area contributed by atoms with Crippen LogP contribution in [0.3, 0.4) is 0 Å². The number of amides is 1. The van der Waals surface area contributed by atoms with E-state index in [1.165, 1.54) is 0 Å². The molecule has 5 rings (SSSR count). The molecule has 8 nitrogen and oxygen atoms in total. The standard InChI is InChI=1S/C32H36N2O6S/c35-22-10-23-39-27-17-15-26(16-18-27)30-33-32(31(36)34-20-8-3-9-21-34,29(40-30)25-11-4-1-5-12-25)19-24-41(37,38)28-13-6-2-7-14-28/h1-2,4-7,11-18,29,35H,3,8-10,19-24H2/t29-,32-/m1/s1. The van der Waals surface area contributed by atoms with Crippen LogP contribution >= 0.6 is 0 Å². The van der Waals surface area contributed by atoms with E-state index >= 15 is 0 Å². The van der Waals surface area contributed by atoms with Crippen molar-refractivity contribution in [3.05, 3.63) is 96.1 Å². The van der Waals surface area contributed by atoms with Crippen molar-refractivity contribution in [3.8, 4) is 5.75 Å². The molecule has 0 aromatic heterocycles. The molecule has 216 valence electrons. The Balaban J connectivity index is 1.54. The number of hydrogen-bond donors (Lipinski definition) is 1. The second-order valence-corrected chi connectivity index (χ2v) is 12.5. The summed E-state index contributed by atoms with van der Waals surface area (Å²) in [5.41, 5.74) is -0.0241. The zero-order valence-electron chi connectivity index (χ0n) is 23.0. The van der Waals surface area contributed by atoms with Crippen LogP contribution in [0.25, 0.3) is 0 Å². The largest absolute Gasteiger partial charge is 0.494 e. The van der Waals surface area contributed by atoms with E-state index in [4.69, 9.17) is 19.6 Å². The molecule has 3 aromatic rings. The fourth-order valence-corrected chi connectivity index (χ4v) is 6.78. The topological polar surface area (TPSA) is 106 Å². The van der Waals surface area contributed by atoms with Crippen LogP contribution in [-0.4, -0.2) is 67.8 Å². The summed E-state index contributed by atoms with van der Waals surface area (Å²) in [7, 11) is -3.68. The van der Waals surface area contributed by atoms with Crippen LogP contribution in [0, 0.1) is 0 Å². The maximum atomic E-state index is 14.4. The van der Waals surface area contributed by atoms with Crippen molar-refractivity contribution in [2.45, 2.75) is 48.6 Å². The van der Waals surface area contributed by atoms with E-state index in [1.54, 1.807) is 42.5 Å². The summed E-state index contributed by atoms with van der Waals surface area (Å²) in [6.07, 6.45) is 2.57. The van der Waals surface area contributed by atoms with Crippen LogP contribution in [0.4, 0.5) is 0 Å². The average Bonchev–Trinajstić information content (AvgIpc) is 3.42. The number of nitrogens with zero attached hydrogens (tertiary/aromatic N) is 2. The number of sulfone groups is 1. The van der Waals surface area contributed by atoms with Crippen molar-refractivity contribution in [2.75, 3.05) is 32.1 Å². The Morgan fingerprint density at radius 3 is 2.27 bits per heavy atom. The van der Waals surface area contributed by atoms with Gasteiger partial charge in [-0.1, -0.05) is 48.5 Å². The summed E-state index contributed by atoms with van der Waals surface area (Å²) in [6.45, 7) is 1.67. The molecule has 1 amide bonds. The summed E-state index contributed by atoms with van der Waals surface area (Å²) in [6, 6.07) is 25.0. The van der Waals surface area contributed by atoms with Gasteiger partial charge >= 0.3 is 0 Å². The maximum absolute atomic E-state index is 14.4. The third-order valence-electron chi connectivity index (χ3n) is 7.61. The average molecular weight is 577 g/mol. The van der Waals surface area contributed by atoms with Gasteiger partial charge in [0.05, 0.1) is 17.3 Å². The second-order valence-electron chi connectivity index (χ2n) is 10.4. The normalized spacial score (nSPS) is 20.8. The van der Waals surface area contributed by atoms with E-state index in [1.807, 2.05) is 47.4 Å². The van der Waals surface area contributed by atoms with Gasteiger partial charge < -0.3 is 19.5 Å². The number of aliphatic hydroxyl groups is 1. The van der Waals surface area contributed by atoms with Crippen LogP contribution in [0.2, 0.25) is 0 Å². The van der Waals surface area contributed by atoms with Gasteiger partial charge in [0.1, 0.15) is 5.75 Å². The Labute approximate surface area is 241 Å². The predicted molar refractivity (Wildman–Crippen MR) is 157 cm³/mol. The smallest absolute Gasteiger partial charge is 0.254 e. The number of piperidine rings is 1. The van der Waals surface area contributed by atoms with Crippen LogP contribution < -0.4 is 4.74 Å². The summed E-state index contributed by atoms with van der Waals surface area (Å²) in [4.78, 5) is 21.5. The molecule has 0 aliphatic carbocycles.